The molecule has 0 fully saturated rings. The molecule has 0 spiro atoms. The highest BCUT2D eigenvalue weighted by molar-refractivity contribution is 5.88. The van der Waals surface area contributed by atoms with Crippen LogP contribution in [0.25, 0.3) is 0 Å². The van der Waals surface area contributed by atoms with E-state index in [0.717, 1.165) is 18.2 Å². The van der Waals surface area contributed by atoms with Crippen LogP contribution in [-0.2, 0) is 4.79 Å². The first-order valence-electron chi connectivity index (χ1n) is 3.94. The molecule has 0 radical (unpaired) electrons. The summed E-state index contributed by atoms with van der Waals surface area (Å²) in [7, 11) is 0. The molecular weight excluding hydrogens is 205 g/mol. The Labute approximate surface area is 83.9 Å². The van der Waals surface area contributed by atoms with Crippen molar-refractivity contribution in [2.75, 3.05) is 0 Å². The first kappa shape index (κ1) is 11.1. The number of rotatable bonds is 3. The zero-order valence-electron chi connectivity index (χ0n) is 7.48. The molecular formula is C9H8FNO4. The zero-order chi connectivity index (χ0) is 11.6. The lowest BCUT2D eigenvalue weighted by atomic mass is 10.0. The molecule has 0 aromatic heterocycles. The summed E-state index contributed by atoms with van der Waals surface area (Å²) >= 11 is 0. The molecule has 80 valence electrons. The zero-order valence-corrected chi connectivity index (χ0v) is 7.48. The van der Waals surface area contributed by atoms with E-state index in [9.17, 15) is 14.0 Å². The number of aliphatic carboxylic acids is 1. The number of hydrogen-bond acceptors (Lipinski definition) is 3. The Morgan fingerprint density at radius 1 is 1.27 bits per heavy atom. The molecule has 15 heavy (non-hydrogen) atoms. The Hall–Kier alpha value is -1.95. The third-order valence-corrected chi connectivity index (χ3v) is 1.79. The lowest BCUT2D eigenvalue weighted by Gasteiger charge is -2.07. The van der Waals surface area contributed by atoms with E-state index in [4.69, 9.17) is 15.9 Å². The minimum Gasteiger partial charge on any atom is -0.480 e. The van der Waals surface area contributed by atoms with Gasteiger partial charge in [-0.1, -0.05) is 0 Å². The van der Waals surface area contributed by atoms with Crippen LogP contribution in [0.3, 0.4) is 0 Å². The lowest BCUT2D eigenvalue weighted by molar-refractivity contribution is -0.138. The quantitative estimate of drug-likeness (QED) is 0.682. The van der Waals surface area contributed by atoms with Gasteiger partial charge >= 0.3 is 11.9 Å². The molecule has 0 bridgehead atoms. The summed E-state index contributed by atoms with van der Waals surface area (Å²) in [6, 6.07) is 1.29. The van der Waals surface area contributed by atoms with E-state index < -0.39 is 23.8 Å². The molecule has 1 rings (SSSR count). The van der Waals surface area contributed by atoms with Crippen molar-refractivity contribution in [1.82, 2.24) is 0 Å². The average molecular weight is 213 g/mol. The van der Waals surface area contributed by atoms with Crippen molar-refractivity contribution in [2.45, 2.75) is 6.04 Å². The van der Waals surface area contributed by atoms with Crippen LogP contribution in [0.15, 0.2) is 18.2 Å². The van der Waals surface area contributed by atoms with Gasteiger partial charge in [0.1, 0.15) is 11.9 Å². The highest BCUT2D eigenvalue weighted by atomic mass is 19.1. The number of nitrogens with two attached hydrogens (primary N) is 1. The van der Waals surface area contributed by atoms with E-state index in [1.165, 1.54) is 0 Å². The summed E-state index contributed by atoms with van der Waals surface area (Å²) in [5.41, 5.74) is 4.80. The second-order valence-electron chi connectivity index (χ2n) is 2.89. The van der Waals surface area contributed by atoms with Crippen molar-refractivity contribution in [3.8, 4) is 0 Å². The van der Waals surface area contributed by atoms with Crippen LogP contribution in [0.5, 0.6) is 0 Å². The monoisotopic (exact) mass is 213 g/mol. The Morgan fingerprint density at radius 2 is 1.87 bits per heavy atom. The Morgan fingerprint density at radius 3 is 2.33 bits per heavy atom. The maximum Gasteiger partial charge on any atom is 0.335 e. The SMILES string of the molecule is N[C@H](C(=O)O)c1cc(F)cc(C(=O)O)c1. The molecule has 0 saturated heterocycles. The minimum atomic E-state index is -1.43. The lowest BCUT2D eigenvalue weighted by Crippen LogP contribution is -2.21. The summed E-state index contributed by atoms with van der Waals surface area (Å²) in [6.07, 6.45) is 0. The van der Waals surface area contributed by atoms with Gasteiger partial charge in [0.15, 0.2) is 0 Å². The van der Waals surface area contributed by atoms with Crippen molar-refractivity contribution in [3.05, 3.63) is 35.1 Å². The van der Waals surface area contributed by atoms with Gasteiger partial charge in [0.25, 0.3) is 0 Å². The molecule has 6 heteroatoms. The second-order valence-corrected chi connectivity index (χ2v) is 2.89. The molecule has 0 aliphatic carbocycles. The van der Waals surface area contributed by atoms with Crippen molar-refractivity contribution >= 4 is 11.9 Å². The number of carboxylic acids is 2. The highest BCUT2D eigenvalue weighted by Gasteiger charge is 2.17. The van der Waals surface area contributed by atoms with Crippen LogP contribution < -0.4 is 5.73 Å². The standard InChI is InChI=1S/C9H8FNO4/c10-6-2-4(7(11)9(14)15)1-5(3-6)8(12)13/h1-3,7H,11H2,(H,12,13)(H,14,15)/t7-/m0/s1. The van der Waals surface area contributed by atoms with Crippen molar-refractivity contribution in [1.29, 1.82) is 0 Å². The summed E-state index contributed by atoms with van der Waals surface area (Å²) in [5.74, 6) is -3.52. The molecule has 1 aromatic rings. The van der Waals surface area contributed by atoms with Gasteiger partial charge in [-0.15, -0.1) is 0 Å². The topological polar surface area (TPSA) is 101 Å². The van der Waals surface area contributed by atoms with E-state index in [1.807, 2.05) is 0 Å². The number of benzene rings is 1. The molecule has 0 heterocycles. The first-order valence-corrected chi connectivity index (χ1v) is 3.94. The second kappa shape index (κ2) is 4.05. The van der Waals surface area contributed by atoms with Crippen LogP contribution in [0.4, 0.5) is 4.39 Å². The van der Waals surface area contributed by atoms with Crippen LogP contribution in [0, 0.1) is 5.82 Å². The minimum absolute atomic E-state index is 0.0834. The van der Waals surface area contributed by atoms with Gasteiger partial charge in [0.2, 0.25) is 0 Å². The average Bonchev–Trinajstić information content (AvgIpc) is 2.15. The van der Waals surface area contributed by atoms with E-state index in [0.29, 0.717) is 0 Å². The summed E-state index contributed by atoms with van der Waals surface area (Å²) < 4.78 is 12.9. The number of carboxylic acid groups (broad SMARTS) is 2. The Kier molecular flexibility index (Phi) is 3.01. The van der Waals surface area contributed by atoms with Crippen LogP contribution in [0.2, 0.25) is 0 Å². The fourth-order valence-electron chi connectivity index (χ4n) is 1.06. The molecule has 0 aliphatic heterocycles. The molecule has 1 atom stereocenters. The van der Waals surface area contributed by atoms with E-state index >= 15 is 0 Å². The number of carbonyl (C=O) groups is 2. The van der Waals surface area contributed by atoms with Crippen molar-refractivity contribution in [2.24, 2.45) is 5.73 Å². The smallest absolute Gasteiger partial charge is 0.335 e. The fourth-order valence-corrected chi connectivity index (χ4v) is 1.06. The van der Waals surface area contributed by atoms with Crippen LogP contribution in [-0.4, -0.2) is 22.2 Å². The van der Waals surface area contributed by atoms with Gasteiger partial charge in [-0.25, -0.2) is 9.18 Å². The van der Waals surface area contributed by atoms with Crippen molar-refractivity contribution < 1.29 is 24.2 Å². The van der Waals surface area contributed by atoms with E-state index in [2.05, 4.69) is 0 Å². The normalized spacial score (nSPS) is 12.1. The van der Waals surface area contributed by atoms with Crippen LogP contribution in [0.1, 0.15) is 22.0 Å². The van der Waals surface area contributed by atoms with Crippen LogP contribution >= 0.6 is 0 Å². The third-order valence-electron chi connectivity index (χ3n) is 1.79. The number of hydrogen-bond donors (Lipinski definition) is 3. The number of aromatic carboxylic acids is 1. The first-order chi connectivity index (χ1) is 6.91. The van der Waals surface area contributed by atoms with Gasteiger partial charge in [-0.05, 0) is 23.8 Å². The maximum absolute atomic E-state index is 12.9. The van der Waals surface area contributed by atoms with Gasteiger partial charge in [0, 0.05) is 0 Å². The van der Waals surface area contributed by atoms with Gasteiger partial charge in [-0.2, -0.15) is 0 Å². The van der Waals surface area contributed by atoms with Gasteiger partial charge in [-0.3, -0.25) is 4.79 Å². The molecule has 1 aromatic carbocycles. The molecule has 0 amide bonds. The summed E-state index contributed by atoms with van der Waals surface area (Å²) in [4.78, 5) is 21.0. The predicted octanol–water partition coefficient (Wildman–Crippen LogP) is 0.608. The molecule has 0 aliphatic rings. The van der Waals surface area contributed by atoms with Crippen molar-refractivity contribution in [3.63, 3.8) is 0 Å². The molecule has 0 unspecified atom stereocenters. The maximum atomic E-state index is 12.9. The highest BCUT2D eigenvalue weighted by Crippen LogP contribution is 2.15. The summed E-state index contributed by atoms with van der Waals surface area (Å²) in [6.45, 7) is 0. The number of halogens is 1. The Bertz CT molecular complexity index is 419. The third kappa shape index (κ3) is 2.50. The molecule has 5 nitrogen and oxygen atoms in total. The van der Waals surface area contributed by atoms with E-state index in [1.54, 1.807) is 0 Å². The largest absolute Gasteiger partial charge is 0.480 e. The summed E-state index contributed by atoms with van der Waals surface area (Å²) in [5, 5.41) is 17.2. The predicted molar refractivity (Wildman–Crippen MR) is 47.9 cm³/mol. The van der Waals surface area contributed by atoms with Gasteiger partial charge < -0.3 is 15.9 Å². The molecule has 4 N–H and O–H groups in total. The van der Waals surface area contributed by atoms with E-state index in [-0.39, 0.29) is 11.1 Å². The molecule has 0 saturated carbocycles. The fraction of sp³-hybridized carbons (Fsp3) is 0.111. The van der Waals surface area contributed by atoms with Gasteiger partial charge in [0.05, 0.1) is 5.56 Å². The Balaban J connectivity index is 3.20.